The van der Waals surface area contributed by atoms with E-state index in [-0.39, 0.29) is 23.9 Å². The zero-order valence-electron chi connectivity index (χ0n) is 19.3. The van der Waals surface area contributed by atoms with Gasteiger partial charge in [-0.2, -0.15) is 10.2 Å². The molecule has 1 fully saturated rings. The van der Waals surface area contributed by atoms with Crippen LogP contribution in [-0.2, 0) is 17.9 Å². The molecule has 0 atom stereocenters. The predicted octanol–water partition coefficient (Wildman–Crippen LogP) is 5.06. The molecular weight excluding hydrogens is 438 g/mol. The minimum atomic E-state index is -2.63. The first-order valence-corrected chi connectivity index (χ1v) is 11.3. The number of aryl methyl sites for hydroxylation is 3. The van der Waals surface area contributed by atoms with Crippen molar-refractivity contribution in [3.8, 4) is 0 Å². The van der Waals surface area contributed by atoms with Crippen LogP contribution in [0.4, 0.5) is 14.5 Å². The van der Waals surface area contributed by atoms with Crippen LogP contribution in [0.2, 0.25) is 0 Å². The third-order valence-electron chi connectivity index (χ3n) is 6.10. The zero-order chi connectivity index (χ0) is 24.0. The van der Waals surface area contributed by atoms with Gasteiger partial charge >= 0.3 is 0 Å². The second-order valence-electron chi connectivity index (χ2n) is 8.99. The van der Waals surface area contributed by atoms with Crippen LogP contribution >= 0.6 is 0 Å². The molecule has 0 saturated heterocycles. The number of hydrogen-bond donors (Lipinski definition) is 1. The summed E-state index contributed by atoms with van der Waals surface area (Å²) < 4.78 is 30.9. The highest BCUT2D eigenvalue weighted by molar-refractivity contribution is 5.92. The Kier molecular flexibility index (Phi) is 5.63. The standard InChI is InChI=1S/C25H26F2N6O/c1-14-9-15(2)32(30-14)12-17-5-4-6-19(10-17)28-22(34)13-33-25-23(16(3)31-33)20(24(26)27)11-21(29-25)18-7-8-18/h4-6,9-11,18,24H,7-8,12-13H2,1-3H3,(H,28,34). The van der Waals surface area contributed by atoms with Crippen LogP contribution in [0.15, 0.2) is 36.4 Å². The maximum absolute atomic E-state index is 13.8. The Bertz CT molecular complexity index is 1390. The van der Waals surface area contributed by atoms with Gasteiger partial charge in [0.1, 0.15) is 6.54 Å². The Morgan fingerprint density at radius 1 is 1.12 bits per heavy atom. The smallest absolute Gasteiger partial charge is 0.264 e. The van der Waals surface area contributed by atoms with Gasteiger partial charge in [0.05, 0.1) is 23.3 Å². The van der Waals surface area contributed by atoms with Crippen molar-refractivity contribution < 1.29 is 13.6 Å². The predicted molar refractivity (Wildman–Crippen MR) is 125 cm³/mol. The molecule has 3 aromatic heterocycles. The maximum atomic E-state index is 13.8. The van der Waals surface area contributed by atoms with E-state index in [9.17, 15) is 13.6 Å². The fraction of sp³-hybridized carbons (Fsp3) is 0.360. The number of benzene rings is 1. The van der Waals surface area contributed by atoms with E-state index in [2.05, 4.69) is 20.5 Å². The highest BCUT2D eigenvalue weighted by Crippen LogP contribution is 2.41. The van der Waals surface area contributed by atoms with Crippen molar-refractivity contribution in [1.29, 1.82) is 0 Å². The summed E-state index contributed by atoms with van der Waals surface area (Å²) in [6.07, 6.45) is -0.732. The lowest BCUT2D eigenvalue weighted by atomic mass is 10.1. The second-order valence-corrected chi connectivity index (χ2v) is 8.99. The molecule has 0 unspecified atom stereocenters. The number of amides is 1. The largest absolute Gasteiger partial charge is 0.324 e. The summed E-state index contributed by atoms with van der Waals surface area (Å²) >= 11 is 0. The molecule has 0 spiro atoms. The van der Waals surface area contributed by atoms with E-state index >= 15 is 0 Å². The van der Waals surface area contributed by atoms with Crippen LogP contribution in [-0.4, -0.2) is 30.5 Å². The number of carbonyl (C=O) groups excluding carboxylic acids is 1. The topological polar surface area (TPSA) is 77.6 Å². The van der Waals surface area contributed by atoms with Crippen molar-refractivity contribution in [2.24, 2.45) is 0 Å². The fourth-order valence-corrected chi connectivity index (χ4v) is 4.37. The molecule has 5 rings (SSSR count). The summed E-state index contributed by atoms with van der Waals surface area (Å²) in [4.78, 5) is 17.5. The molecule has 4 aromatic rings. The normalized spacial score (nSPS) is 13.7. The Hall–Kier alpha value is -3.62. The minimum absolute atomic E-state index is 0.0621. The van der Waals surface area contributed by atoms with Crippen molar-refractivity contribution in [2.75, 3.05) is 5.32 Å². The number of anilines is 1. The van der Waals surface area contributed by atoms with Gasteiger partial charge in [0.25, 0.3) is 6.43 Å². The summed E-state index contributed by atoms with van der Waals surface area (Å²) in [5.74, 6) is -0.0887. The summed E-state index contributed by atoms with van der Waals surface area (Å²) in [6.45, 7) is 6.10. The monoisotopic (exact) mass is 464 g/mol. The van der Waals surface area contributed by atoms with Crippen molar-refractivity contribution in [3.63, 3.8) is 0 Å². The Balaban J connectivity index is 1.37. The number of alkyl halides is 2. The van der Waals surface area contributed by atoms with Gasteiger partial charge in [0, 0.05) is 28.6 Å². The highest BCUT2D eigenvalue weighted by Gasteiger charge is 2.29. The number of fused-ring (bicyclic) bond motifs is 1. The van der Waals surface area contributed by atoms with E-state index in [1.807, 2.05) is 48.9 Å². The SMILES string of the molecule is Cc1cc(C)n(Cc2cccc(NC(=O)Cn3nc(C)c4c(C(F)F)cc(C5CC5)nc43)c2)n1. The number of carbonyl (C=O) groups is 1. The van der Waals surface area contributed by atoms with E-state index in [1.165, 1.54) is 10.7 Å². The van der Waals surface area contributed by atoms with Gasteiger partial charge < -0.3 is 5.32 Å². The van der Waals surface area contributed by atoms with Gasteiger partial charge in [-0.25, -0.2) is 18.4 Å². The average molecular weight is 465 g/mol. The van der Waals surface area contributed by atoms with Gasteiger partial charge in [0.2, 0.25) is 5.91 Å². The van der Waals surface area contributed by atoms with Crippen molar-refractivity contribution in [2.45, 2.75) is 59.0 Å². The van der Waals surface area contributed by atoms with Crippen molar-refractivity contribution >= 4 is 22.6 Å². The van der Waals surface area contributed by atoms with Crippen LogP contribution in [0.5, 0.6) is 0 Å². The number of rotatable bonds is 7. The lowest BCUT2D eigenvalue weighted by Gasteiger charge is -2.10. The minimum Gasteiger partial charge on any atom is -0.324 e. The molecule has 176 valence electrons. The molecule has 9 heteroatoms. The van der Waals surface area contributed by atoms with Crippen molar-refractivity contribution in [1.82, 2.24) is 24.5 Å². The first-order chi connectivity index (χ1) is 16.3. The van der Waals surface area contributed by atoms with E-state index in [0.29, 0.717) is 34.7 Å². The number of pyridine rings is 1. The molecule has 3 heterocycles. The third-order valence-corrected chi connectivity index (χ3v) is 6.10. The quantitative estimate of drug-likeness (QED) is 0.415. The maximum Gasteiger partial charge on any atom is 0.264 e. The lowest BCUT2D eigenvalue weighted by molar-refractivity contribution is -0.116. The molecule has 0 bridgehead atoms. The Morgan fingerprint density at radius 3 is 2.59 bits per heavy atom. The number of halogens is 2. The Labute approximate surface area is 195 Å². The van der Waals surface area contributed by atoms with Crippen LogP contribution in [0.1, 0.15) is 59.1 Å². The summed E-state index contributed by atoms with van der Waals surface area (Å²) in [7, 11) is 0. The average Bonchev–Trinajstić information content (AvgIpc) is 3.52. The molecule has 1 saturated carbocycles. The van der Waals surface area contributed by atoms with E-state index in [0.717, 1.165) is 29.8 Å². The van der Waals surface area contributed by atoms with Crippen molar-refractivity contribution in [3.05, 3.63) is 70.3 Å². The first kappa shape index (κ1) is 22.2. The van der Waals surface area contributed by atoms with E-state index < -0.39 is 6.43 Å². The molecule has 7 nitrogen and oxygen atoms in total. The van der Waals surface area contributed by atoms with Crippen LogP contribution in [0.3, 0.4) is 0 Å². The van der Waals surface area contributed by atoms with E-state index in [1.54, 1.807) is 6.92 Å². The molecule has 0 radical (unpaired) electrons. The molecule has 34 heavy (non-hydrogen) atoms. The van der Waals surface area contributed by atoms with Crippen LogP contribution in [0, 0.1) is 20.8 Å². The zero-order valence-corrected chi connectivity index (χ0v) is 19.3. The Morgan fingerprint density at radius 2 is 1.91 bits per heavy atom. The van der Waals surface area contributed by atoms with Gasteiger partial charge in [-0.05, 0) is 63.4 Å². The molecule has 1 aliphatic rings. The van der Waals surface area contributed by atoms with Crippen LogP contribution in [0.25, 0.3) is 11.0 Å². The number of hydrogen-bond acceptors (Lipinski definition) is 4. The number of nitrogens with zero attached hydrogens (tertiary/aromatic N) is 5. The molecule has 1 amide bonds. The highest BCUT2D eigenvalue weighted by atomic mass is 19.3. The molecule has 0 aliphatic heterocycles. The first-order valence-electron chi connectivity index (χ1n) is 11.3. The van der Waals surface area contributed by atoms with Gasteiger partial charge in [0.15, 0.2) is 5.65 Å². The second kappa shape index (κ2) is 8.62. The molecule has 1 aliphatic carbocycles. The summed E-state index contributed by atoms with van der Waals surface area (Å²) in [5, 5.41) is 12.1. The van der Waals surface area contributed by atoms with Gasteiger partial charge in [-0.15, -0.1) is 0 Å². The lowest BCUT2D eigenvalue weighted by Crippen LogP contribution is -2.20. The number of nitrogens with one attached hydrogen (secondary N) is 1. The molecule has 1 N–H and O–H groups in total. The van der Waals surface area contributed by atoms with E-state index in [4.69, 9.17) is 0 Å². The summed E-state index contributed by atoms with van der Waals surface area (Å²) in [6, 6.07) is 11.1. The van der Waals surface area contributed by atoms with Gasteiger partial charge in [-0.3, -0.25) is 9.48 Å². The van der Waals surface area contributed by atoms with Gasteiger partial charge in [-0.1, -0.05) is 12.1 Å². The molecular formula is C25H26F2N6O. The summed E-state index contributed by atoms with van der Waals surface area (Å²) in [5.41, 5.74) is 5.05. The number of aromatic nitrogens is 5. The molecule has 1 aromatic carbocycles. The van der Waals surface area contributed by atoms with Crippen LogP contribution < -0.4 is 5.32 Å². The third kappa shape index (κ3) is 4.42. The fourth-order valence-electron chi connectivity index (χ4n) is 4.37.